The summed E-state index contributed by atoms with van der Waals surface area (Å²) in [6, 6.07) is 6.46. The summed E-state index contributed by atoms with van der Waals surface area (Å²) in [6.07, 6.45) is 1.78. The minimum atomic E-state index is -3.71. The Hall–Kier alpha value is -2.23. The maximum atomic E-state index is 13.1. The Morgan fingerprint density at radius 3 is 2.45 bits per heavy atom. The second kappa shape index (κ2) is 9.93. The first-order valence-electron chi connectivity index (χ1n) is 10.4. The van der Waals surface area contributed by atoms with Gasteiger partial charge in [0.15, 0.2) is 5.78 Å². The van der Waals surface area contributed by atoms with Crippen molar-refractivity contribution >= 4 is 38.7 Å². The van der Waals surface area contributed by atoms with Gasteiger partial charge in [0.2, 0.25) is 15.9 Å². The summed E-state index contributed by atoms with van der Waals surface area (Å²) < 4.78 is 33.1. The van der Waals surface area contributed by atoms with Crippen molar-refractivity contribution in [2.24, 2.45) is 0 Å². The molecule has 1 aromatic heterocycles. The van der Waals surface area contributed by atoms with Gasteiger partial charge >= 0.3 is 0 Å². The molecule has 9 heteroatoms. The number of hydrogen-bond acceptors (Lipinski definition) is 6. The van der Waals surface area contributed by atoms with E-state index in [0.29, 0.717) is 30.9 Å². The molecule has 31 heavy (non-hydrogen) atoms. The zero-order valence-electron chi connectivity index (χ0n) is 18.1. The zero-order chi connectivity index (χ0) is 22.6. The van der Waals surface area contributed by atoms with Gasteiger partial charge in [0.05, 0.1) is 6.61 Å². The van der Waals surface area contributed by atoms with Crippen molar-refractivity contribution in [2.75, 3.05) is 25.0 Å². The van der Waals surface area contributed by atoms with Gasteiger partial charge in [0.1, 0.15) is 10.6 Å². The summed E-state index contributed by atoms with van der Waals surface area (Å²) in [4.78, 5) is 26.9. The maximum Gasteiger partial charge on any atom is 0.246 e. The van der Waals surface area contributed by atoms with Crippen molar-refractivity contribution in [2.45, 2.75) is 51.3 Å². The highest BCUT2D eigenvalue weighted by Gasteiger charge is 2.30. The largest absolute Gasteiger partial charge is 0.492 e. The normalized spacial score (nSPS) is 14.5. The SMILES string of the molecule is CCOc1ccc(NC(=O)CCC(=O)c2cc(C)sc2C)cc1S(=O)(=O)N1CCCC1. The van der Waals surface area contributed by atoms with Crippen LogP contribution in [0.15, 0.2) is 29.2 Å². The van der Waals surface area contributed by atoms with Gasteiger partial charge in [-0.05, 0) is 57.9 Å². The van der Waals surface area contributed by atoms with Crippen LogP contribution in [0.25, 0.3) is 0 Å². The predicted octanol–water partition coefficient (Wildman–Crippen LogP) is 4.15. The van der Waals surface area contributed by atoms with Crippen LogP contribution in [-0.4, -0.2) is 44.1 Å². The van der Waals surface area contributed by atoms with Crippen LogP contribution in [0.2, 0.25) is 0 Å². The van der Waals surface area contributed by atoms with Crippen molar-refractivity contribution in [3.05, 3.63) is 39.6 Å². The molecule has 1 N–H and O–H groups in total. The Morgan fingerprint density at radius 2 is 1.84 bits per heavy atom. The molecule has 1 aromatic carbocycles. The van der Waals surface area contributed by atoms with E-state index in [-0.39, 0.29) is 35.2 Å². The van der Waals surface area contributed by atoms with E-state index in [1.807, 2.05) is 19.9 Å². The van der Waals surface area contributed by atoms with E-state index >= 15 is 0 Å². The molecule has 0 radical (unpaired) electrons. The Labute approximate surface area is 187 Å². The summed E-state index contributed by atoms with van der Waals surface area (Å²) in [5, 5.41) is 2.71. The molecule has 0 aliphatic carbocycles. The van der Waals surface area contributed by atoms with Gasteiger partial charge in [0.25, 0.3) is 0 Å². The summed E-state index contributed by atoms with van der Waals surface area (Å²) in [6.45, 7) is 6.92. The minimum Gasteiger partial charge on any atom is -0.492 e. The molecule has 0 unspecified atom stereocenters. The Balaban J connectivity index is 1.71. The second-order valence-electron chi connectivity index (χ2n) is 7.50. The summed E-state index contributed by atoms with van der Waals surface area (Å²) in [5.74, 6) is -0.140. The number of carbonyl (C=O) groups excluding carboxylic acids is 2. The first kappa shape index (κ1) is 23.4. The molecule has 0 spiro atoms. The molecule has 0 bridgehead atoms. The molecule has 1 saturated heterocycles. The standard InChI is InChI=1S/C22H28N2O5S2/c1-4-29-20-9-7-17(14-21(20)31(27,28)24-11-5-6-12-24)23-22(26)10-8-19(25)18-13-15(2)30-16(18)3/h7,9,13-14H,4-6,8,10-12H2,1-3H3,(H,23,26). The average Bonchev–Trinajstić information content (AvgIpc) is 3.37. The number of benzene rings is 1. The molecule has 1 fully saturated rings. The predicted molar refractivity (Wildman–Crippen MR) is 122 cm³/mol. The van der Waals surface area contributed by atoms with Gasteiger partial charge in [-0.25, -0.2) is 8.42 Å². The summed E-state index contributed by atoms with van der Waals surface area (Å²) in [5.41, 5.74) is 1.02. The number of ketones is 1. The lowest BCUT2D eigenvalue weighted by molar-refractivity contribution is -0.116. The third-order valence-corrected chi connectivity index (χ3v) is 8.02. The van der Waals surface area contributed by atoms with Crippen LogP contribution in [0.1, 0.15) is 52.7 Å². The van der Waals surface area contributed by atoms with Gasteiger partial charge < -0.3 is 10.1 Å². The summed E-state index contributed by atoms with van der Waals surface area (Å²) >= 11 is 1.56. The molecule has 2 heterocycles. The number of hydrogen-bond donors (Lipinski definition) is 1. The molecule has 168 valence electrons. The van der Waals surface area contributed by atoms with Gasteiger partial charge in [-0.2, -0.15) is 4.31 Å². The number of nitrogens with one attached hydrogen (secondary N) is 1. The van der Waals surface area contributed by atoms with Crippen LogP contribution in [0.3, 0.4) is 0 Å². The van der Waals surface area contributed by atoms with Crippen LogP contribution >= 0.6 is 11.3 Å². The molecule has 1 amide bonds. The third kappa shape index (κ3) is 5.53. The molecule has 7 nitrogen and oxygen atoms in total. The van der Waals surface area contributed by atoms with E-state index in [1.165, 1.54) is 10.4 Å². The van der Waals surface area contributed by atoms with Gasteiger partial charge in [0, 0.05) is 46.9 Å². The molecular formula is C22H28N2O5S2. The topological polar surface area (TPSA) is 92.8 Å². The van der Waals surface area contributed by atoms with Crippen molar-refractivity contribution in [1.82, 2.24) is 4.31 Å². The monoisotopic (exact) mass is 464 g/mol. The van der Waals surface area contributed by atoms with Crippen LogP contribution < -0.4 is 10.1 Å². The number of anilines is 1. The average molecular weight is 465 g/mol. The fourth-order valence-corrected chi connectivity index (χ4v) is 6.24. The van der Waals surface area contributed by atoms with Gasteiger partial charge in [-0.15, -0.1) is 11.3 Å². The van der Waals surface area contributed by atoms with Crippen molar-refractivity contribution in [1.29, 1.82) is 0 Å². The highest BCUT2D eigenvalue weighted by molar-refractivity contribution is 7.89. The van der Waals surface area contributed by atoms with Gasteiger partial charge in [-0.3, -0.25) is 9.59 Å². The van der Waals surface area contributed by atoms with E-state index in [1.54, 1.807) is 30.4 Å². The molecule has 3 rings (SSSR count). The van der Waals surface area contributed by atoms with Crippen molar-refractivity contribution in [3.63, 3.8) is 0 Å². The maximum absolute atomic E-state index is 13.1. The molecule has 1 aliphatic rings. The highest BCUT2D eigenvalue weighted by Crippen LogP contribution is 2.32. The zero-order valence-corrected chi connectivity index (χ0v) is 19.7. The highest BCUT2D eigenvalue weighted by atomic mass is 32.2. The number of nitrogens with zero attached hydrogens (tertiary/aromatic N) is 1. The van der Waals surface area contributed by atoms with Crippen LogP contribution in [0.5, 0.6) is 5.75 Å². The quantitative estimate of drug-likeness (QED) is 0.563. The molecule has 0 saturated carbocycles. The lowest BCUT2D eigenvalue weighted by Gasteiger charge is -2.19. The Bertz CT molecular complexity index is 1070. The van der Waals surface area contributed by atoms with E-state index in [4.69, 9.17) is 4.74 Å². The molecule has 0 atom stereocenters. The van der Waals surface area contributed by atoms with E-state index in [0.717, 1.165) is 22.6 Å². The number of ether oxygens (including phenoxy) is 1. The lowest BCUT2D eigenvalue weighted by Crippen LogP contribution is -2.28. The number of thiophene rings is 1. The Kier molecular flexibility index (Phi) is 7.51. The van der Waals surface area contributed by atoms with Crippen molar-refractivity contribution in [3.8, 4) is 5.75 Å². The first-order chi connectivity index (χ1) is 14.7. The third-order valence-electron chi connectivity index (χ3n) is 5.13. The number of aryl methyl sites for hydroxylation is 2. The van der Waals surface area contributed by atoms with E-state index in [2.05, 4.69) is 5.32 Å². The molecule has 1 aliphatic heterocycles. The van der Waals surface area contributed by atoms with E-state index in [9.17, 15) is 18.0 Å². The molecule has 2 aromatic rings. The minimum absolute atomic E-state index is 0.0224. The number of amides is 1. The van der Waals surface area contributed by atoms with Crippen molar-refractivity contribution < 1.29 is 22.7 Å². The Morgan fingerprint density at radius 1 is 1.13 bits per heavy atom. The lowest BCUT2D eigenvalue weighted by atomic mass is 10.1. The molecular weight excluding hydrogens is 436 g/mol. The second-order valence-corrected chi connectivity index (χ2v) is 10.9. The van der Waals surface area contributed by atoms with E-state index < -0.39 is 10.0 Å². The number of sulfonamides is 1. The fourth-order valence-electron chi connectivity index (χ4n) is 3.62. The number of rotatable bonds is 9. The van der Waals surface area contributed by atoms with Crippen LogP contribution in [-0.2, 0) is 14.8 Å². The fraction of sp³-hybridized carbons (Fsp3) is 0.455. The number of carbonyl (C=O) groups is 2. The summed E-state index contributed by atoms with van der Waals surface area (Å²) in [7, 11) is -3.71. The smallest absolute Gasteiger partial charge is 0.246 e. The first-order valence-corrected chi connectivity index (χ1v) is 12.6. The number of Topliss-reactive ketones (excluding diaryl/α,β-unsaturated/α-hetero) is 1. The van der Waals surface area contributed by atoms with Crippen LogP contribution in [0.4, 0.5) is 5.69 Å². The van der Waals surface area contributed by atoms with Gasteiger partial charge in [-0.1, -0.05) is 0 Å². The van der Waals surface area contributed by atoms with Crippen LogP contribution in [0, 0.1) is 13.8 Å².